The van der Waals surface area contributed by atoms with Crippen LogP contribution in [0.2, 0.25) is 0 Å². The zero-order chi connectivity index (χ0) is 14.5. The van der Waals surface area contributed by atoms with Crippen LogP contribution < -0.4 is 5.32 Å². The first kappa shape index (κ1) is 14.0. The summed E-state index contributed by atoms with van der Waals surface area (Å²) >= 11 is 0. The average molecular weight is 285 g/mol. The minimum absolute atomic E-state index is 0.585. The molecular weight excluding hydrogens is 262 g/mol. The van der Waals surface area contributed by atoms with Gasteiger partial charge >= 0.3 is 0 Å². The molecule has 0 saturated heterocycles. The number of nitrogens with one attached hydrogen (secondary N) is 2. The largest absolute Gasteiger partial charge is 0.382 e. The smallest absolute Gasteiger partial charge is 0.204 e. The van der Waals surface area contributed by atoms with Crippen molar-refractivity contribution in [1.82, 2.24) is 20.6 Å². The van der Waals surface area contributed by atoms with Gasteiger partial charge < -0.3 is 5.32 Å². The Balaban J connectivity index is 1.66. The van der Waals surface area contributed by atoms with Crippen LogP contribution in [0.1, 0.15) is 45.4 Å². The number of aromatic nitrogens is 4. The van der Waals surface area contributed by atoms with Crippen LogP contribution in [0, 0.1) is 5.92 Å². The van der Waals surface area contributed by atoms with Crippen molar-refractivity contribution in [3.63, 3.8) is 0 Å². The Labute approximate surface area is 125 Å². The Morgan fingerprint density at radius 1 is 1.24 bits per heavy atom. The minimum atomic E-state index is 0.585. The summed E-state index contributed by atoms with van der Waals surface area (Å²) in [7, 11) is 0. The number of benzene rings is 1. The maximum Gasteiger partial charge on any atom is 0.204 e. The molecule has 0 aliphatic heterocycles. The van der Waals surface area contributed by atoms with Crippen molar-refractivity contribution < 1.29 is 0 Å². The van der Waals surface area contributed by atoms with Gasteiger partial charge in [0, 0.05) is 17.3 Å². The van der Waals surface area contributed by atoms with Crippen molar-refractivity contribution in [2.75, 3.05) is 5.32 Å². The second-order valence-corrected chi connectivity index (χ2v) is 5.94. The molecule has 5 nitrogen and oxygen atoms in total. The first-order valence-electron chi connectivity index (χ1n) is 7.95. The zero-order valence-electron chi connectivity index (χ0n) is 12.5. The van der Waals surface area contributed by atoms with Crippen molar-refractivity contribution in [3.8, 4) is 11.4 Å². The maximum atomic E-state index is 4.04. The summed E-state index contributed by atoms with van der Waals surface area (Å²) < 4.78 is 0. The van der Waals surface area contributed by atoms with E-state index < -0.39 is 0 Å². The third-order valence-electron chi connectivity index (χ3n) is 4.50. The van der Waals surface area contributed by atoms with Crippen LogP contribution in [0.25, 0.3) is 11.4 Å². The third kappa shape index (κ3) is 3.60. The fraction of sp³-hybridized carbons (Fsp3) is 0.562. The van der Waals surface area contributed by atoms with Crippen LogP contribution >= 0.6 is 0 Å². The van der Waals surface area contributed by atoms with Gasteiger partial charge in [0.15, 0.2) is 0 Å². The summed E-state index contributed by atoms with van der Waals surface area (Å²) in [4.78, 5) is 0. The predicted molar refractivity (Wildman–Crippen MR) is 83.9 cm³/mol. The number of tetrazole rings is 1. The fourth-order valence-electron chi connectivity index (χ4n) is 3.20. The first-order valence-corrected chi connectivity index (χ1v) is 7.95. The maximum absolute atomic E-state index is 4.04. The molecule has 2 aromatic rings. The quantitative estimate of drug-likeness (QED) is 0.842. The summed E-state index contributed by atoms with van der Waals surface area (Å²) in [6.45, 7) is 2.31. The molecule has 1 aliphatic carbocycles. The fourth-order valence-corrected chi connectivity index (χ4v) is 3.20. The van der Waals surface area contributed by atoms with E-state index in [1.165, 1.54) is 38.5 Å². The highest BCUT2D eigenvalue weighted by atomic mass is 15.5. The molecule has 5 heteroatoms. The molecule has 0 bridgehead atoms. The Bertz CT molecular complexity index is 552. The number of hydrogen-bond acceptors (Lipinski definition) is 4. The van der Waals surface area contributed by atoms with Gasteiger partial charge in [0.25, 0.3) is 0 Å². The number of nitrogens with zero attached hydrogens (tertiary/aromatic N) is 3. The van der Waals surface area contributed by atoms with Crippen LogP contribution in [0.4, 0.5) is 5.69 Å². The van der Waals surface area contributed by atoms with E-state index in [9.17, 15) is 0 Å². The van der Waals surface area contributed by atoms with E-state index in [1.54, 1.807) is 0 Å². The number of aromatic amines is 1. The van der Waals surface area contributed by atoms with Gasteiger partial charge in [-0.15, -0.1) is 10.2 Å². The molecule has 1 aromatic heterocycles. The summed E-state index contributed by atoms with van der Waals surface area (Å²) in [6.07, 6.45) is 7.92. The van der Waals surface area contributed by atoms with Crippen molar-refractivity contribution >= 4 is 5.69 Å². The molecule has 1 fully saturated rings. The van der Waals surface area contributed by atoms with Crippen LogP contribution in [-0.4, -0.2) is 26.7 Å². The SMILES string of the molecule is CCC1CCCC(Nc2cccc(-c3nn[nH]n3)c2)CC1. The van der Waals surface area contributed by atoms with E-state index >= 15 is 0 Å². The van der Waals surface area contributed by atoms with Gasteiger partial charge in [-0.25, -0.2) is 0 Å². The zero-order valence-corrected chi connectivity index (χ0v) is 12.5. The second kappa shape index (κ2) is 6.70. The lowest BCUT2D eigenvalue weighted by atomic mass is 9.98. The van der Waals surface area contributed by atoms with Gasteiger partial charge in [0.05, 0.1) is 0 Å². The Hall–Kier alpha value is -1.91. The molecule has 3 rings (SSSR count). The minimum Gasteiger partial charge on any atom is -0.382 e. The number of anilines is 1. The molecule has 1 heterocycles. The predicted octanol–water partition coefficient (Wildman–Crippen LogP) is 3.64. The van der Waals surface area contributed by atoms with Crippen molar-refractivity contribution in [1.29, 1.82) is 0 Å². The number of H-pyrrole nitrogens is 1. The summed E-state index contributed by atoms with van der Waals surface area (Å²) in [6, 6.07) is 8.86. The normalized spacial score (nSPS) is 22.7. The van der Waals surface area contributed by atoms with E-state index in [0.717, 1.165) is 17.2 Å². The molecule has 0 amide bonds. The van der Waals surface area contributed by atoms with Gasteiger partial charge in [-0.05, 0) is 42.5 Å². The number of hydrogen-bond donors (Lipinski definition) is 2. The highest BCUT2D eigenvalue weighted by molar-refractivity contribution is 5.61. The second-order valence-electron chi connectivity index (χ2n) is 5.94. The molecular formula is C16H23N5. The molecule has 1 aromatic carbocycles. The highest BCUT2D eigenvalue weighted by Crippen LogP contribution is 2.28. The van der Waals surface area contributed by atoms with E-state index in [0.29, 0.717) is 11.9 Å². The molecule has 21 heavy (non-hydrogen) atoms. The molecule has 0 spiro atoms. The Morgan fingerprint density at radius 3 is 3.00 bits per heavy atom. The van der Waals surface area contributed by atoms with Crippen LogP contribution in [-0.2, 0) is 0 Å². The van der Waals surface area contributed by atoms with Crippen molar-refractivity contribution in [2.45, 2.75) is 51.5 Å². The highest BCUT2D eigenvalue weighted by Gasteiger charge is 2.17. The van der Waals surface area contributed by atoms with E-state index in [-0.39, 0.29) is 0 Å². The van der Waals surface area contributed by atoms with Crippen molar-refractivity contribution in [3.05, 3.63) is 24.3 Å². The monoisotopic (exact) mass is 285 g/mol. The Kier molecular flexibility index (Phi) is 4.48. The van der Waals surface area contributed by atoms with E-state index in [1.807, 2.05) is 12.1 Å². The van der Waals surface area contributed by atoms with Crippen LogP contribution in [0.3, 0.4) is 0 Å². The van der Waals surface area contributed by atoms with Gasteiger partial charge in [0.2, 0.25) is 5.82 Å². The van der Waals surface area contributed by atoms with Crippen LogP contribution in [0.15, 0.2) is 24.3 Å². The topological polar surface area (TPSA) is 66.5 Å². The van der Waals surface area contributed by atoms with Crippen molar-refractivity contribution in [2.24, 2.45) is 5.92 Å². The summed E-state index contributed by atoms with van der Waals surface area (Å²) in [5.74, 6) is 1.56. The molecule has 1 aliphatic rings. The number of rotatable bonds is 4. The third-order valence-corrected chi connectivity index (χ3v) is 4.50. The summed E-state index contributed by atoms with van der Waals surface area (Å²) in [5, 5.41) is 17.9. The van der Waals surface area contributed by atoms with Gasteiger partial charge in [-0.3, -0.25) is 0 Å². The standard InChI is InChI=1S/C16H23N5/c1-2-12-5-3-7-14(10-9-12)17-15-8-4-6-13(11-15)16-18-20-21-19-16/h4,6,8,11-12,14,17H,2-3,5,7,9-10H2,1H3,(H,18,19,20,21). The van der Waals surface area contributed by atoms with Gasteiger partial charge in [0.1, 0.15) is 0 Å². The van der Waals surface area contributed by atoms with E-state index in [2.05, 4.69) is 45.0 Å². The molecule has 2 unspecified atom stereocenters. The average Bonchev–Trinajstić information content (AvgIpc) is 2.96. The molecule has 0 radical (unpaired) electrons. The first-order chi connectivity index (χ1) is 10.3. The lowest BCUT2D eigenvalue weighted by Crippen LogP contribution is -2.18. The van der Waals surface area contributed by atoms with E-state index in [4.69, 9.17) is 0 Å². The lowest BCUT2D eigenvalue weighted by molar-refractivity contribution is 0.444. The summed E-state index contributed by atoms with van der Waals surface area (Å²) in [5.41, 5.74) is 2.14. The Morgan fingerprint density at radius 2 is 2.19 bits per heavy atom. The molecule has 2 atom stereocenters. The van der Waals surface area contributed by atoms with Crippen LogP contribution in [0.5, 0.6) is 0 Å². The van der Waals surface area contributed by atoms with Gasteiger partial charge in [-0.2, -0.15) is 5.21 Å². The molecule has 1 saturated carbocycles. The molecule has 112 valence electrons. The lowest BCUT2D eigenvalue weighted by Gasteiger charge is -2.18. The molecule has 2 N–H and O–H groups in total. The van der Waals surface area contributed by atoms with Gasteiger partial charge in [-0.1, -0.05) is 38.3 Å².